The molecule has 2 aromatic rings. The number of nitrogens with zero attached hydrogens (tertiary/aromatic N) is 4. The van der Waals surface area contributed by atoms with Gasteiger partial charge in [-0.2, -0.15) is 5.26 Å². The molecule has 8 nitrogen and oxygen atoms in total. The Labute approximate surface area is 191 Å². The number of nitrogens with one attached hydrogen (secondary N) is 1. The van der Waals surface area contributed by atoms with E-state index in [1.54, 1.807) is 24.3 Å². The number of halogens is 1. The Bertz CT molecular complexity index is 1060. The van der Waals surface area contributed by atoms with Crippen molar-refractivity contribution >= 4 is 17.7 Å². The van der Waals surface area contributed by atoms with Crippen LogP contribution in [0.2, 0.25) is 0 Å². The number of hydrogen-bond acceptors (Lipinski definition) is 6. The van der Waals surface area contributed by atoms with Crippen LogP contribution in [0.4, 0.5) is 15.0 Å². The fraction of sp³-hybridized carbons (Fsp3) is 0.417. The van der Waals surface area contributed by atoms with Gasteiger partial charge in [-0.05, 0) is 42.7 Å². The Hall–Kier alpha value is -3.51. The van der Waals surface area contributed by atoms with Crippen LogP contribution in [-0.4, -0.2) is 65.6 Å². The number of hydrogen-bond donors (Lipinski definition) is 2. The summed E-state index contributed by atoms with van der Waals surface area (Å²) in [4.78, 5) is 33.5. The maximum atomic E-state index is 14.0. The molecule has 1 aromatic carbocycles. The zero-order valence-electron chi connectivity index (χ0n) is 18.4. The highest BCUT2D eigenvalue weighted by molar-refractivity contribution is 5.95. The third-order valence-electron chi connectivity index (χ3n) is 6.97. The molecule has 3 heterocycles. The van der Waals surface area contributed by atoms with Gasteiger partial charge < -0.3 is 15.3 Å². The molecule has 2 atom stereocenters. The van der Waals surface area contributed by atoms with Crippen LogP contribution in [0, 0.1) is 23.1 Å². The highest BCUT2D eigenvalue weighted by Gasteiger charge is 2.56. The Morgan fingerprint density at radius 3 is 2.52 bits per heavy atom. The minimum Gasteiger partial charge on any atom is -0.465 e. The minimum atomic E-state index is -1.26. The van der Waals surface area contributed by atoms with Crippen molar-refractivity contribution in [1.29, 1.82) is 5.26 Å². The zero-order valence-corrected chi connectivity index (χ0v) is 18.4. The molecule has 9 heteroatoms. The number of likely N-dealkylation sites (N-methyl/N-ethyl adjacent to an activating group) is 1. The second-order valence-corrected chi connectivity index (χ2v) is 8.64. The summed E-state index contributed by atoms with van der Waals surface area (Å²) in [6.45, 7) is 1.87. The summed E-state index contributed by atoms with van der Waals surface area (Å²) in [6.07, 6.45) is 1.51. The van der Waals surface area contributed by atoms with Gasteiger partial charge in [0, 0.05) is 51.3 Å². The van der Waals surface area contributed by atoms with Gasteiger partial charge in [0.25, 0.3) is 0 Å². The molecule has 2 fully saturated rings. The van der Waals surface area contributed by atoms with Crippen molar-refractivity contribution in [1.82, 2.24) is 15.2 Å². The molecule has 2 aliphatic heterocycles. The standard InChI is InChI=1S/C24H26FN5O3/c1-29(23(32)33)24(15-27-14-20(24)17-3-5-19(25)6-4-17)22(31)18-8-10-30(11-9-18)21-7-2-16(12-26)13-28-21/h2-7,13,18,20,27H,8-11,14-15H2,1H3,(H,32,33)/t20-,24+/m0/s1. The summed E-state index contributed by atoms with van der Waals surface area (Å²) in [6, 6.07) is 11.5. The number of pyridine rings is 1. The van der Waals surface area contributed by atoms with Crippen molar-refractivity contribution in [3.63, 3.8) is 0 Å². The molecule has 2 aliphatic rings. The number of piperidine rings is 1. The molecule has 0 spiro atoms. The largest absolute Gasteiger partial charge is 0.465 e. The minimum absolute atomic E-state index is 0.0980. The predicted molar refractivity (Wildman–Crippen MR) is 119 cm³/mol. The van der Waals surface area contributed by atoms with Crippen LogP contribution in [0.25, 0.3) is 0 Å². The van der Waals surface area contributed by atoms with Crippen LogP contribution in [0.5, 0.6) is 0 Å². The van der Waals surface area contributed by atoms with Crippen LogP contribution in [0.15, 0.2) is 42.6 Å². The van der Waals surface area contributed by atoms with Crippen molar-refractivity contribution in [2.45, 2.75) is 24.3 Å². The van der Waals surface area contributed by atoms with Gasteiger partial charge in [-0.25, -0.2) is 14.2 Å². The molecule has 2 saturated heterocycles. The van der Waals surface area contributed by atoms with Crippen LogP contribution in [-0.2, 0) is 4.79 Å². The van der Waals surface area contributed by atoms with E-state index < -0.39 is 17.6 Å². The topological polar surface area (TPSA) is 110 Å². The molecule has 33 heavy (non-hydrogen) atoms. The van der Waals surface area contributed by atoms with Gasteiger partial charge >= 0.3 is 6.09 Å². The maximum Gasteiger partial charge on any atom is 0.407 e. The molecular formula is C24H26FN5O3. The molecule has 2 N–H and O–H groups in total. The fourth-order valence-electron chi connectivity index (χ4n) is 5.10. The van der Waals surface area contributed by atoms with E-state index in [0.717, 1.165) is 16.3 Å². The predicted octanol–water partition coefficient (Wildman–Crippen LogP) is 2.61. The van der Waals surface area contributed by atoms with Crippen molar-refractivity contribution < 1.29 is 19.1 Å². The average Bonchev–Trinajstić information content (AvgIpc) is 3.29. The molecule has 172 valence electrons. The molecular weight excluding hydrogens is 425 g/mol. The van der Waals surface area contributed by atoms with E-state index >= 15 is 0 Å². The highest BCUT2D eigenvalue weighted by atomic mass is 19.1. The van der Waals surface area contributed by atoms with Crippen LogP contribution in [0.3, 0.4) is 0 Å². The molecule has 0 aliphatic carbocycles. The number of carbonyl (C=O) groups excluding carboxylic acids is 1. The second-order valence-electron chi connectivity index (χ2n) is 8.64. The Balaban J connectivity index is 1.57. The number of rotatable bonds is 5. The molecule has 0 unspecified atom stereocenters. The van der Waals surface area contributed by atoms with E-state index in [0.29, 0.717) is 38.0 Å². The van der Waals surface area contributed by atoms with Gasteiger partial charge in [0.2, 0.25) is 0 Å². The lowest BCUT2D eigenvalue weighted by Gasteiger charge is -2.43. The molecule has 0 radical (unpaired) electrons. The monoisotopic (exact) mass is 451 g/mol. The number of benzene rings is 1. The highest BCUT2D eigenvalue weighted by Crippen LogP contribution is 2.40. The first-order valence-electron chi connectivity index (χ1n) is 10.9. The number of nitriles is 1. The third-order valence-corrected chi connectivity index (χ3v) is 6.97. The van der Waals surface area contributed by atoms with Crippen molar-refractivity contribution in [3.05, 3.63) is 59.5 Å². The maximum absolute atomic E-state index is 14.0. The molecule has 0 saturated carbocycles. The zero-order chi connectivity index (χ0) is 23.6. The van der Waals surface area contributed by atoms with E-state index in [2.05, 4.69) is 15.2 Å². The summed E-state index contributed by atoms with van der Waals surface area (Å²) in [5.74, 6) is -0.436. The Morgan fingerprint density at radius 1 is 1.24 bits per heavy atom. The van der Waals surface area contributed by atoms with E-state index in [-0.39, 0.29) is 24.1 Å². The second kappa shape index (κ2) is 9.16. The quantitative estimate of drug-likeness (QED) is 0.719. The number of carbonyl (C=O) groups is 2. The van der Waals surface area contributed by atoms with Crippen molar-refractivity contribution in [3.8, 4) is 6.07 Å². The summed E-state index contributed by atoms with van der Waals surface area (Å²) in [7, 11) is 1.44. The van der Waals surface area contributed by atoms with Gasteiger partial charge in [-0.3, -0.25) is 9.69 Å². The SMILES string of the molecule is CN(C(=O)O)[C@]1(C(=O)C2CCN(c3ccc(C#N)cn3)CC2)CNC[C@H]1c1ccc(F)cc1. The molecule has 0 bridgehead atoms. The number of ketones is 1. The van der Waals surface area contributed by atoms with Gasteiger partial charge in [-0.15, -0.1) is 0 Å². The van der Waals surface area contributed by atoms with E-state index in [9.17, 15) is 19.1 Å². The number of carboxylic acid groups (broad SMARTS) is 1. The molecule has 1 amide bonds. The smallest absolute Gasteiger partial charge is 0.407 e. The lowest BCUT2D eigenvalue weighted by atomic mass is 9.72. The van der Waals surface area contributed by atoms with Crippen LogP contribution < -0.4 is 10.2 Å². The number of anilines is 1. The first-order chi connectivity index (χ1) is 15.9. The van der Waals surface area contributed by atoms with Crippen molar-refractivity contribution in [2.75, 3.05) is 38.1 Å². The lowest BCUT2D eigenvalue weighted by molar-refractivity contribution is -0.134. The first-order valence-corrected chi connectivity index (χ1v) is 10.9. The number of Topliss-reactive ketones (excluding diaryl/α,β-unsaturated/α-hetero) is 1. The van der Waals surface area contributed by atoms with Crippen LogP contribution >= 0.6 is 0 Å². The third kappa shape index (κ3) is 4.14. The van der Waals surface area contributed by atoms with E-state index in [4.69, 9.17) is 5.26 Å². The van der Waals surface area contributed by atoms with Gasteiger partial charge in [0.1, 0.15) is 23.2 Å². The average molecular weight is 452 g/mol. The van der Waals surface area contributed by atoms with Gasteiger partial charge in [-0.1, -0.05) is 12.1 Å². The molecule has 1 aromatic heterocycles. The van der Waals surface area contributed by atoms with Crippen molar-refractivity contribution in [2.24, 2.45) is 5.92 Å². The summed E-state index contributed by atoms with van der Waals surface area (Å²) < 4.78 is 13.5. The normalized spacial score (nSPS) is 23.2. The summed E-state index contributed by atoms with van der Waals surface area (Å²) in [5, 5.41) is 22.0. The number of aromatic nitrogens is 1. The number of amides is 1. The Morgan fingerprint density at radius 2 is 1.94 bits per heavy atom. The van der Waals surface area contributed by atoms with Crippen LogP contribution in [0.1, 0.15) is 29.9 Å². The Kier molecular flexibility index (Phi) is 6.29. The fourth-order valence-corrected chi connectivity index (χ4v) is 5.10. The lowest BCUT2D eigenvalue weighted by Crippen LogP contribution is -2.61. The van der Waals surface area contributed by atoms with E-state index in [1.807, 2.05) is 6.07 Å². The van der Waals surface area contributed by atoms with Gasteiger partial charge in [0.05, 0.1) is 5.56 Å². The van der Waals surface area contributed by atoms with E-state index in [1.165, 1.54) is 25.4 Å². The van der Waals surface area contributed by atoms with Gasteiger partial charge in [0.15, 0.2) is 5.78 Å². The molecule has 4 rings (SSSR count). The first kappa shape index (κ1) is 22.7. The summed E-state index contributed by atoms with van der Waals surface area (Å²) in [5.41, 5.74) is -0.0338. The summed E-state index contributed by atoms with van der Waals surface area (Å²) >= 11 is 0.